The van der Waals surface area contributed by atoms with E-state index in [-0.39, 0.29) is 16.9 Å². The lowest BCUT2D eigenvalue weighted by atomic mass is 9.70. The molecule has 0 amide bonds. The molecular weight excluding hydrogens is 214 g/mol. The minimum absolute atomic E-state index is 0.0834. The average molecular weight is 232 g/mol. The summed E-state index contributed by atoms with van der Waals surface area (Å²) in [6, 6.07) is 0. The van der Waals surface area contributed by atoms with Gasteiger partial charge in [0.25, 0.3) is 0 Å². The number of carbonyl (C=O) groups excluding carboxylic acids is 1. The molecule has 0 aromatic rings. The number of fused-ring (bicyclic) bond motifs is 2. The van der Waals surface area contributed by atoms with Crippen LogP contribution in [0.2, 0.25) is 0 Å². The van der Waals surface area contributed by atoms with Crippen molar-refractivity contribution in [3.8, 4) is 0 Å². The predicted molar refractivity (Wildman–Crippen MR) is 55.1 cm³/mol. The molecule has 92 valence electrons. The van der Waals surface area contributed by atoms with E-state index >= 15 is 0 Å². The molecule has 3 unspecified atom stereocenters. The number of hydrogen-bond donors (Lipinski definition) is 0. The van der Waals surface area contributed by atoms with Crippen molar-refractivity contribution in [1.29, 1.82) is 0 Å². The van der Waals surface area contributed by atoms with Crippen molar-refractivity contribution < 1.29 is 18.3 Å². The van der Waals surface area contributed by atoms with Crippen molar-refractivity contribution >= 4 is 5.97 Å². The molecule has 4 heteroatoms. The first-order valence-corrected chi connectivity index (χ1v) is 5.77. The molecule has 0 radical (unpaired) electrons. The fraction of sp³-hybridized carbons (Fsp3) is 0.917. The molecule has 16 heavy (non-hydrogen) atoms. The SMILES string of the molecule is CC1(C)C2CCC1(C)C(OC(=O)C(F)F)C2. The first kappa shape index (κ1) is 11.8. The summed E-state index contributed by atoms with van der Waals surface area (Å²) in [5.41, 5.74) is -0.0533. The standard InChI is InChI=1S/C12H18F2O2/c1-11(2)7-4-5-12(11,3)8(6-7)16-10(15)9(13)14/h7-9H,4-6H2,1-3H3. The van der Waals surface area contributed by atoms with Crippen molar-refractivity contribution in [3.63, 3.8) is 0 Å². The first-order chi connectivity index (χ1) is 7.29. The van der Waals surface area contributed by atoms with E-state index in [9.17, 15) is 13.6 Å². The van der Waals surface area contributed by atoms with Crippen LogP contribution in [0.3, 0.4) is 0 Å². The Kier molecular flexibility index (Phi) is 2.52. The van der Waals surface area contributed by atoms with Crippen molar-refractivity contribution in [2.75, 3.05) is 0 Å². The second-order valence-corrected chi connectivity index (χ2v) is 5.84. The lowest BCUT2D eigenvalue weighted by Crippen LogP contribution is -2.39. The minimum Gasteiger partial charge on any atom is -0.458 e. The van der Waals surface area contributed by atoms with Gasteiger partial charge in [-0.15, -0.1) is 0 Å². The van der Waals surface area contributed by atoms with Crippen LogP contribution < -0.4 is 0 Å². The third-order valence-corrected chi connectivity index (χ3v) is 5.15. The number of carbonyl (C=O) groups is 1. The zero-order valence-electron chi connectivity index (χ0n) is 9.93. The monoisotopic (exact) mass is 232 g/mol. The second kappa shape index (κ2) is 3.41. The third kappa shape index (κ3) is 1.38. The molecule has 2 aliphatic carbocycles. The normalized spacial score (nSPS) is 40.4. The van der Waals surface area contributed by atoms with Gasteiger partial charge in [0.2, 0.25) is 0 Å². The summed E-state index contributed by atoms with van der Waals surface area (Å²) in [5.74, 6) is -0.873. The van der Waals surface area contributed by atoms with E-state index in [0.717, 1.165) is 19.3 Å². The van der Waals surface area contributed by atoms with E-state index in [0.29, 0.717) is 5.92 Å². The third-order valence-electron chi connectivity index (χ3n) is 5.15. The van der Waals surface area contributed by atoms with Crippen LogP contribution in [0.15, 0.2) is 0 Å². The highest BCUT2D eigenvalue weighted by molar-refractivity contribution is 5.73. The number of rotatable bonds is 2. The lowest BCUT2D eigenvalue weighted by molar-refractivity contribution is -0.169. The molecule has 2 saturated carbocycles. The van der Waals surface area contributed by atoms with Crippen LogP contribution in [0.1, 0.15) is 40.0 Å². The van der Waals surface area contributed by atoms with Gasteiger partial charge in [-0.25, -0.2) is 4.79 Å². The highest BCUT2D eigenvalue weighted by atomic mass is 19.3. The maximum atomic E-state index is 12.2. The van der Waals surface area contributed by atoms with Crippen LogP contribution in [0.5, 0.6) is 0 Å². The average Bonchev–Trinajstić information content (AvgIpc) is 2.50. The summed E-state index contributed by atoms with van der Waals surface area (Å²) in [7, 11) is 0. The van der Waals surface area contributed by atoms with Crippen LogP contribution in [0.25, 0.3) is 0 Å². The van der Waals surface area contributed by atoms with Crippen LogP contribution in [0, 0.1) is 16.7 Å². The molecule has 2 aliphatic rings. The Labute approximate surface area is 94.3 Å². The number of hydrogen-bond acceptors (Lipinski definition) is 2. The summed E-state index contributed by atoms with van der Waals surface area (Å²) in [4.78, 5) is 11.0. The van der Waals surface area contributed by atoms with Crippen molar-refractivity contribution in [2.24, 2.45) is 16.7 Å². The van der Waals surface area contributed by atoms with Gasteiger partial charge in [-0.3, -0.25) is 0 Å². The van der Waals surface area contributed by atoms with Gasteiger partial charge in [0.15, 0.2) is 0 Å². The van der Waals surface area contributed by atoms with E-state index in [1.807, 2.05) is 0 Å². The van der Waals surface area contributed by atoms with Gasteiger partial charge in [0.1, 0.15) is 6.10 Å². The number of alkyl halides is 2. The van der Waals surface area contributed by atoms with Gasteiger partial charge in [0, 0.05) is 5.41 Å². The van der Waals surface area contributed by atoms with Gasteiger partial charge >= 0.3 is 12.4 Å². The Balaban J connectivity index is 2.13. The van der Waals surface area contributed by atoms with E-state index in [1.54, 1.807) is 0 Å². The van der Waals surface area contributed by atoms with Crippen LogP contribution in [0.4, 0.5) is 8.78 Å². The fourth-order valence-corrected chi connectivity index (χ4v) is 3.50. The van der Waals surface area contributed by atoms with E-state index < -0.39 is 12.4 Å². The quantitative estimate of drug-likeness (QED) is 0.684. The summed E-state index contributed by atoms with van der Waals surface area (Å²) in [5, 5.41) is 0. The fourth-order valence-electron chi connectivity index (χ4n) is 3.50. The minimum atomic E-state index is -3.01. The molecule has 0 aromatic carbocycles. The molecule has 2 nitrogen and oxygen atoms in total. The molecule has 0 aliphatic heterocycles. The summed E-state index contributed by atoms with van der Waals surface area (Å²) >= 11 is 0. The molecule has 3 atom stereocenters. The molecule has 0 spiro atoms. The summed E-state index contributed by atoms with van der Waals surface area (Å²) < 4.78 is 29.3. The topological polar surface area (TPSA) is 26.3 Å². The smallest absolute Gasteiger partial charge is 0.374 e. The lowest BCUT2D eigenvalue weighted by Gasteiger charge is -2.38. The number of ether oxygens (including phenoxy) is 1. The molecule has 2 fully saturated rings. The maximum Gasteiger partial charge on any atom is 0.374 e. The number of halogens is 2. The molecule has 2 rings (SSSR count). The van der Waals surface area contributed by atoms with Crippen molar-refractivity contribution in [3.05, 3.63) is 0 Å². The molecule has 0 saturated heterocycles. The van der Waals surface area contributed by atoms with Crippen molar-refractivity contribution in [2.45, 2.75) is 52.6 Å². The van der Waals surface area contributed by atoms with Gasteiger partial charge in [0.05, 0.1) is 0 Å². The molecule has 2 bridgehead atoms. The Bertz CT molecular complexity index is 314. The van der Waals surface area contributed by atoms with E-state index in [4.69, 9.17) is 4.74 Å². The maximum absolute atomic E-state index is 12.2. The van der Waals surface area contributed by atoms with Gasteiger partial charge < -0.3 is 4.74 Å². The van der Waals surface area contributed by atoms with Gasteiger partial charge in [-0.2, -0.15) is 8.78 Å². The summed E-state index contributed by atoms with van der Waals surface area (Å²) in [6.45, 7) is 6.37. The Hall–Kier alpha value is -0.670. The van der Waals surface area contributed by atoms with Crippen LogP contribution >= 0.6 is 0 Å². The molecule has 0 aromatic heterocycles. The zero-order chi connectivity index (χ0) is 12.1. The zero-order valence-corrected chi connectivity index (χ0v) is 9.93. The Morgan fingerprint density at radius 1 is 1.38 bits per heavy atom. The molecule has 0 heterocycles. The van der Waals surface area contributed by atoms with E-state index in [1.165, 1.54) is 0 Å². The summed E-state index contributed by atoms with van der Waals surface area (Å²) in [6.07, 6.45) is -0.520. The largest absolute Gasteiger partial charge is 0.458 e. The number of esters is 1. The molecule has 0 N–H and O–H groups in total. The van der Waals surface area contributed by atoms with Crippen LogP contribution in [-0.2, 0) is 9.53 Å². The highest BCUT2D eigenvalue weighted by Crippen LogP contribution is 2.66. The first-order valence-electron chi connectivity index (χ1n) is 5.77. The van der Waals surface area contributed by atoms with Crippen molar-refractivity contribution in [1.82, 2.24) is 0 Å². The van der Waals surface area contributed by atoms with Crippen LogP contribution in [-0.4, -0.2) is 18.5 Å². The van der Waals surface area contributed by atoms with E-state index in [2.05, 4.69) is 20.8 Å². The van der Waals surface area contributed by atoms with Gasteiger partial charge in [-0.1, -0.05) is 20.8 Å². The Morgan fingerprint density at radius 3 is 2.38 bits per heavy atom. The second-order valence-electron chi connectivity index (χ2n) is 5.84. The molecular formula is C12H18F2O2. The predicted octanol–water partition coefficient (Wildman–Crippen LogP) is 3.01. The highest BCUT2D eigenvalue weighted by Gasteiger charge is 2.63. The Morgan fingerprint density at radius 2 is 2.00 bits per heavy atom. The van der Waals surface area contributed by atoms with Gasteiger partial charge in [-0.05, 0) is 30.6 Å².